The third kappa shape index (κ3) is 5.77. The number of benzene rings is 1. The average molecular weight is 498 g/mol. The van der Waals surface area contributed by atoms with Crippen LogP contribution >= 0.6 is 11.6 Å². The fraction of sp³-hybridized carbons (Fsp3) is 0.667. The Morgan fingerprint density at radius 1 is 1.03 bits per heavy atom. The molecule has 1 aliphatic heterocycles. The van der Waals surface area contributed by atoms with Gasteiger partial charge >= 0.3 is 215 Å². The second-order valence-electron chi connectivity index (χ2n) is 11.4. The third-order valence-electron chi connectivity index (χ3n) is 7.49. The topological polar surface area (TPSA) is 56.6 Å². The summed E-state index contributed by atoms with van der Waals surface area (Å²) in [5, 5.41) is 0.665. The summed E-state index contributed by atoms with van der Waals surface area (Å²) < 4.78 is 14.4. The van der Waals surface area contributed by atoms with Crippen LogP contribution < -0.4 is 0 Å². The summed E-state index contributed by atoms with van der Waals surface area (Å²) in [5.41, 5.74) is 2.52. The Labute approximate surface area is 214 Å². The summed E-state index contributed by atoms with van der Waals surface area (Å²) >= 11 is 6.38. The zero-order valence-corrected chi connectivity index (χ0v) is 22.0. The molecule has 2 fully saturated rings. The Kier molecular flexibility index (Phi) is 7.27. The van der Waals surface area contributed by atoms with Gasteiger partial charge in [0.25, 0.3) is 0 Å². The van der Waals surface area contributed by atoms with Gasteiger partial charge in [-0.25, -0.2) is 0 Å². The first-order valence-electron chi connectivity index (χ1n) is 13.3. The van der Waals surface area contributed by atoms with E-state index in [1.54, 1.807) is 4.90 Å². The Balaban J connectivity index is 1.37. The number of fused-ring (bicyclic) bond motifs is 3. The Morgan fingerprint density at radius 3 is 2.46 bits per heavy atom. The van der Waals surface area contributed by atoms with Gasteiger partial charge in [0.1, 0.15) is 0 Å². The van der Waals surface area contributed by atoms with Gasteiger partial charge in [-0.3, -0.25) is 0 Å². The first kappa shape index (κ1) is 24.8. The molecule has 1 aromatic heterocycles. The number of ether oxygens (including phenoxy) is 2. The van der Waals surface area contributed by atoms with E-state index in [1.165, 1.54) is 32.1 Å². The molecule has 188 valence electrons. The quantitative estimate of drug-likeness (QED) is 0.486. The van der Waals surface area contributed by atoms with Crippen LogP contribution in [0.4, 0.5) is 4.79 Å². The zero-order valence-electron chi connectivity index (χ0n) is 21.3. The zero-order chi connectivity index (χ0) is 24.6. The van der Waals surface area contributed by atoms with Crippen molar-refractivity contribution in [1.82, 2.24) is 14.4 Å². The van der Waals surface area contributed by atoms with Crippen LogP contribution in [0.25, 0.3) is 5.69 Å². The molecule has 1 aromatic carbocycles. The molecule has 2 aliphatic carbocycles. The van der Waals surface area contributed by atoms with Crippen molar-refractivity contribution >= 4 is 24.7 Å². The van der Waals surface area contributed by atoms with E-state index in [4.69, 9.17) is 26.0 Å². The van der Waals surface area contributed by atoms with Crippen LogP contribution in [-0.4, -0.2) is 45.3 Å². The van der Waals surface area contributed by atoms with Crippen LogP contribution in [0.2, 0.25) is 5.02 Å². The molecular formula is C27H37BClN3O3. The van der Waals surface area contributed by atoms with E-state index >= 15 is 0 Å². The van der Waals surface area contributed by atoms with Crippen molar-refractivity contribution in [2.24, 2.45) is 0 Å². The van der Waals surface area contributed by atoms with Crippen molar-refractivity contribution < 1.29 is 14.3 Å². The molecule has 0 N–H and O–H groups in total. The minimum absolute atomic E-state index is 0.319. The fourth-order valence-corrected chi connectivity index (χ4v) is 6.02. The van der Waals surface area contributed by atoms with Gasteiger partial charge in [0.05, 0.1) is 0 Å². The number of nitrogens with zero attached hydrogens (tertiary/aromatic N) is 3. The van der Waals surface area contributed by atoms with E-state index in [-0.39, 0.29) is 6.09 Å². The molecule has 5 rings (SSSR count). The summed E-state index contributed by atoms with van der Waals surface area (Å²) in [6.07, 6.45) is 11.3. The third-order valence-corrected chi connectivity index (χ3v) is 7.72. The second-order valence-corrected chi connectivity index (χ2v) is 11.9. The number of aromatic nitrogens is 2. The number of hydrogen-bond donors (Lipinski definition) is 0. The molecule has 0 saturated heterocycles. The molecule has 0 bridgehead atoms. The first-order valence-corrected chi connectivity index (χ1v) is 13.6. The standard InChI is InChI=1S/C27H37BClN3O3/c1-27(2,3)35-26(33)31-16-19-15-20(29)11-14-23(19)32-24(17-31)28-30-25(32)18-9-12-22(13-10-18)34-21-7-5-4-6-8-21/h11,14-15,18,21-22H,4-10,12-13,16-17H2,1-3H3. The van der Waals surface area contributed by atoms with Crippen molar-refractivity contribution in [3.63, 3.8) is 0 Å². The summed E-state index contributed by atoms with van der Waals surface area (Å²) in [7, 11) is 1.93. The Morgan fingerprint density at radius 2 is 1.74 bits per heavy atom. The minimum atomic E-state index is -0.551. The van der Waals surface area contributed by atoms with Crippen molar-refractivity contribution in [2.75, 3.05) is 0 Å². The van der Waals surface area contributed by atoms with Crippen molar-refractivity contribution in [2.45, 2.75) is 115 Å². The number of rotatable bonds is 3. The van der Waals surface area contributed by atoms with Gasteiger partial charge in [-0.1, -0.05) is 0 Å². The van der Waals surface area contributed by atoms with Crippen LogP contribution in [0.5, 0.6) is 0 Å². The number of amides is 1. The van der Waals surface area contributed by atoms with E-state index in [0.29, 0.717) is 36.2 Å². The number of hydrogen-bond acceptors (Lipinski definition) is 4. The van der Waals surface area contributed by atoms with Gasteiger partial charge in [-0.05, 0) is 0 Å². The first-order chi connectivity index (χ1) is 16.8. The van der Waals surface area contributed by atoms with Crippen LogP contribution in [0.3, 0.4) is 0 Å². The monoisotopic (exact) mass is 497 g/mol. The van der Waals surface area contributed by atoms with Crippen molar-refractivity contribution in [3.05, 3.63) is 40.2 Å². The predicted octanol–water partition coefficient (Wildman–Crippen LogP) is 6.49. The molecular weight excluding hydrogens is 461 g/mol. The summed E-state index contributed by atoms with van der Waals surface area (Å²) in [6.45, 7) is 6.58. The number of halogens is 1. The van der Waals surface area contributed by atoms with Crippen molar-refractivity contribution in [3.8, 4) is 5.69 Å². The second kappa shape index (κ2) is 10.3. The van der Waals surface area contributed by atoms with E-state index < -0.39 is 5.60 Å². The molecule has 3 aliphatic rings. The fourth-order valence-electron chi connectivity index (χ4n) is 5.82. The van der Waals surface area contributed by atoms with Gasteiger partial charge in [-0.15, -0.1) is 0 Å². The van der Waals surface area contributed by atoms with Crippen molar-refractivity contribution in [1.29, 1.82) is 0 Å². The molecule has 0 unspecified atom stereocenters. The van der Waals surface area contributed by atoms with E-state index in [9.17, 15) is 4.79 Å². The van der Waals surface area contributed by atoms with Gasteiger partial charge in [-0.2, -0.15) is 0 Å². The Bertz CT molecular complexity index is 1050. The summed E-state index contributed by atoms with van der Waals surface area (Å²) in [6, 6.07) is 5.94. The molecule has 2 aromatic rings. The molecule has 2 heterocycles. The Hall–Kier alpha value is -1.86. The normalized spacial score (nSPS) is 23.3. The molecule has 2 saturated carbocycles. The van der Waals surface area contributed by atoms with Gasteiger partial charge < -0.3 is 0 Å². The molecule has 1 amide bonds. The maximum atomic E-state index is 13.0. The molecule has 0 radical (unpaired) electrons. The summed E-state index contributed by atoms with van der Waals surface area (Å²) in [4.78, 5) is 19.7. The molecule has 35 heavy (non-hydrogen) atoms. The van der Waals surface area contributed by atoms with Gasteiger partial charge in [0.15, 0.2) is 0 Å². The van der Waals surface area contributed by atoms with E-state index in [2.05, 4.69) is 10.6 Å². The van der Waals surface area contributed by atoms with Crippen LogP contribution in [0.15, 0.2) is 18.2 Å². The van der Waals surface area contributed by atoms with Crippen LogP contribution in [0.1, 0.15) is 101 Å². The molecule has 6 nitrogen and oxygen atoms in total. The number of carbonyl (C=O) groups excluding carboxylic acids is 1. The van der Waals surface area contributed by atoms with E-state index in [1.807, 2.05) is 40.0 Å². The number of carbonyl (C=O) groups is 1. The van der Waals surface area contributed by atoms with Crippen LogP contribution in [0, 0.1) is 0 Å². The SMILES string of the molecule is CC(C)(C)OC(=O)N1Cc2cc(Cl)ccc2-n2c(bnc2C2CCC(OC3CCCCC3)CC2)C1. The molecule has 0 atom stereocenters. The maximum absolute atomic E-state index is 13.0. The summed E-state index contributed by atoms with van der Waals surface area (Å²) in [5.74, 6) is 1.47. The van der Waals surface area contributed by atoms with Crippen LogP contribution in [-0.2, 0) is 22.6 Å². The van der Waals surface area contributed by atoms with Gasteiger partial charge in [0.2, 0.25) is 0 Å². The molecule has 8 heteroatoms. The predicted molar refractivity (Wildman–Crippen MR) is 138 cm³/mol. The average Bonchev–Trinajstić information content (AvgIpc) is 3.15. The molecule has 0 spiro atoms. The van der Waals surface area contributed by atoms with E-state index in [0.717, 1.165) is 48.3 Å². The van der Waals surface area contributed by atoms with Gasteiger partial charge in [0, 0.05) is 0 Å².